The Kier molecular flexibility index (Phi) is 4.23. The minimum atomic E-state index is 0.603. The topological polar surface area (TPSA) is 57.4 Å². The number of oxazole rings is 1. The summed E-state index contributed by atoms with van der Waals surface area (Å²) in [7, 11) is 1.65. The Labute approximate surface area is 128 Å². The number of hydrogen-bond donors (Lipinski definition) is 0. The zero-order chi connectivity index (χ0) is 15.4. The van der Waals surface area contributed by atoms with E-state index in [1.54, 1.807) is 13.3 Å². The van der Waals surface area contributed by atoms with E-state index in [-0.39, 0.29) is 0 Å². The summed E-state index contributed by atoms with van der Waals surface area (Å²) in [6, 6.07) is 9.48. The van der Waals surface area contributed by atoms with Crippen molar-refractivity contribution >= 4 is 11.2 Å². The van der Waals surface area contributed by atoms with Crippen LogP contribution in [0.3, 0.4) is 0 Å². The third kappa shape index (κ3) is 3.19. The van der Waals surface area contributed by atoms with Gasteiger partial charge in [-0.3, -0.25) is 0 Å². The van der Waals surface area contributed by atoms with Crippen LogP contribution >= 0.6 is 0 Å². The second kappa shape index (κ2) is 6.47. The Morgan fingerprint density at radius 2 is 1.86 bits per heavy atom. The summed E-state index contributed by atoms with van der Waals surface area (Å²) < 4.78 is 16.4. The summed E-state index contributed by atoms with van der Waals surface area (Å²) >= 11 is 0. The van der Waals surface area contributed by atoms with Gasteiger partial charge < -0.3 is 13.9 Å². The number of nitrogens with zero attached hydrogens (tertiary/aromatic N) is 2. The van der Waals surface area contributed by atoms with Crippen LogP contribution in [-0.4, -0.2) is 23.7 Å². The zero-order valence-electron chi connectivity index (χ0n) is 12.7. The van der Waals surface area contributed by atoms with E-state index in [9.17, 15) is 0 Å². The smallest absolute Gasteiger partial charge is 0.247 e. The van der Waals surface area contributed by atoms with Crippen molar-refractivity contribution in [2.45, 2.75) is 19.8 Å². The number of benzene rings is 1. The summed E-state index contributed by atoms with van der Waals surface area (Å²) in [6.45, 7) is 2.61. The summed E-state index contributed by atoms with van der Waals surface area (Å²) in [5.41, 5.74) is 2.52. The molecule has 114 valence electrons. The molecular formula is C17H18N2O3. The van der Waals surface area contributed by atoms with E-state index < -0.39 is 0 Å². The molecule has 3 aromatic rings. The molecule has 0 aliphatic rings. The largest absolute Gasteiger partial charge is 0.497 e. The first kappa shape index (κ1) is 14.4. The molecule has 22 heavy (non-hydrogen) atoms. The highest BCUT2D eigenvalue weighted by Crippen LogP contribution is 2.19. The number of rotatable bonds is 6. The fourth-order valence-corrected chi connectivity index (χ4v) is 2.19. The summed E-state index contributed by atoms with van der Waals surface area (Å²) in [5, 5.41) is 0. The molecule has 0 atom stereocenters. The van der Waals surface area contributed by atoms with Gasteiger partial charge in [0.1, 0.15) is 17.0 Å². The SMILES string of the molecule is COc1ccc(OCCCc2nc3c(C)ccnc3o2)cc1. The van der Waals surface area contributed by atoms with Crippen molar-refractivity contribution < 1.29 is 13.9 Å². The molecule has 0 N–H and O–H groups in total. The molecule has 0 saturated carbocycles. The van der Waals surface area contributed by atoms with Crippen molar-refractivity contribution in [3.63, 3.8) is 0 Å². The molecule has 5 nitrogen and oxygen atoms in total. The molecule has 0 fully saturated rings. The molecule has 0 radical (unpaired) electrons. The van der Waals surface area contributed by atoms with Crippen molar-refractivity contribution in [3.8, 4) is 11.5 Å². The van der Waals surface area contributed by atoms with E-state index in [0.29, 0.717) is 18.2 Å². The molecule has 0 aliphatic carbocycles. The number of methoxy groups -OCH3 is 1. The number of hydrogen-bond acceptors (Lipinski definition) is 5. The van der Waals surface area contributed by atoms with Gasteiger partial charge in [-0.1, -0.05) is 0 Å². The lowest BCUT2D eigenvalue weighted by Gasteiger charge is -2.06. The number of aromatic nitrogens is 2. The third-order valence-corrected chi connectivity index (χ3v) is 3.41. The maximum absolute atomic E-state index is 5.68. The molecule has 2 aromatic heterocycles. The van der Waals surface area contributed by atoms with Gasteiger partial charge >= 0.3 is 0 Å². The Morgan fingerprint density at radius 1 is 1.09 bits per heavy atom. The van der Waals surface area contributed by atoms with Crippen LogP contribution in [0.2, 0.25) is 0 Å². The highest BCUT2D eigenvalue weighted by molar-refractivity contribution is 5.71. The van der Waals surface area contributed by atoms with Crippen LogP contribution < -0.4 is 9.47 Å². The van der Waals surface area contributed by atoms with E-state index in [4.69, 9.17) is 13.9 Å². The molecule has 0 spiro atoms. The molecule has 0 saturated heterocycles. The number of fused-ring (bicyclic) bond motifs is 1. The lowest BCUT2D eigenvalue weighted by atomic mass is 10.3. The van der Waals surface area contributed by atoms with Gasteiger partial charge in [-0.25, -0.2) is 9.97 Å². The van der Waals surface area contributed by atoms with Crippen LogP contribution in [0.4, 0.5) is 0 Å². The van der Waals surface area contributed by atoms with Gasteiger partial charge in [0.15, 0.2) is 5.89 Å². The Bertz CT molecular complexity index is 750. The van der Waals surface area contributed by atoms with Crippen LogP contribution in [0, 0.1) is 6.92 Å². The van der Waals surface area contributed by atoms with Crippen molar-refractivity contribution in [3.05, 3.63) is 48.0 Å². The molecule has 0 bridgehead atoms. The molecule has 5 heteroatoms. The predicted molar refractivity (Wildman–Crippen MR) is 83.4 cm³/mol. The highest BCUT2D eigenvalue weighted by atomic mass is 16.5. The van der Waals surface area contributed by atoms with Crippen LogP contribution in [0.25, 0.3) is 11.2 Å². The predicted octanol–water partition coefficient (Wildman–Crippen LogP) is 3.55. The van der Waals surface area contributed by atoms with Crippen LogP contribution in [0.15, 0.2) is 40.9 Å². The molecule has 0 aliphatic heterocycles. The summed E-state index contributed by atoms with van der Waals surface area (Å²) in [4.78, 5) is 8.66. The quantitative estimate of drug-likeness (QED) is 0.651. The monoisotopic (exact) mass is 298 g/mol. The van der Waals surface area contributed by atoms with E-state index in [0.717, 1.165) is 35.4 Å². The third-order valence-electron chi connectivity index (χ3n) is 3.41. The maximum Gasteiger partial charge on any atom is 0.247 e. The average molecular weight is 298 g/mol. The standard InChI is InChI=1S/C17H18N2O3/c1-12-9-10-18-17-16(12)19-15(22-17)4-3-11-21-14-7-5-13(20-2)6-8-14/h5-10H,3-4,11H2,1-2H3. The Hall–Kier alpha value is -2.56. The van der Waals surface area contributed by atoms with Gasteiger partial charge in [-0.15, -0.1) is 0 Å². The lowest BCUT2D eigenvalue weighted by Crippen LogP contribution is -1.99. The van der Waals surface area contributed by atoms with Gasteiger partial charge in [0.2, 0.25) is 5.71 Å². The number of ether oxygens (including phenoxy) is 2. The lowest BCUT2D eigenvalue weighted by molar-refractivity contribution is 0.305. The number of aryl methyl sites for hydroxylation is 2. The molecule has 2 heterocycles. The van der Waals surface area contributed by atoms with Gasteiger partial charge in [0.05, 0.1) is 13.7 Å². The molecule has 0 unspecified atom stereocenters. The molecule has 0 amide bonds. The first-order chi connectivity index (χ1) is 10.8. The average Bonchev–Trinajstić information content (AvgIpc) is 2.97. The zero-order valence-corrected chi connectivity index (χ0v) is 12.7. The number of pyridine rings is 1. The van der Waals surface area contributed by atoms with Crippen LogP contribution in [0.5, 0.6) is 11.5 Å². The Morgan fingerprint density at radius 3 is 2.59 bits per heavy atom. The minimum absolute atomic E-state index is 0.603. The fourth-order valence-electron chi connectivity index (χ4n) is 2.19. The molecule has 3 rings (SSSR count). The highest BCUT2D eigenvalue weighted by Gasteiger charge is 2.08. The van der Waals surface area contributed by atoms with Crippen molar-refractivity contribution in [2.24, 2.45) is 0 Å². The Balaban J connectivity index is 1.52. The van der Waals surface area contributed by atoms with Crippen molar-refractivity contribution in [1.29, 1.82) is 0 Å². The summed E-state index contributed by atoms with van der Waals surface area (Å²) in [5.74, 6) is 2.35. The van der Waals surface area contributed by atoms with Crippen LogP contribution in [-0.2, 0) is 6.42 Å². The first-order valence-corrected chi connectivity index (χ1v) is 7.24. The maximum atomic E-state index is 5.68. The van der Waals surface area contributed by atoms with Gasteiger partial charge in [-0.05, 0) is 49.2 Å². The van der Waals surface area contributed by atoms with E-state index in [1.165, 1.54) is 0 Å². The molecule has 1 aromatic carbocycles. The van der Waals surface area contributed by atoms with E-state index >= 15 is 0 Å². The second-order valence-electron chi connectivity index (χ2n) is 5.02. The van der Waals surface area contributed by atoms with Crippen LogP contribution in [0.1, 0.15) is 17.9 Å². The summed E-state index contributed by atoms with van der Waals surface area (Å²) in [6.07, 6.45) is 3.29. The molecular weight excluding hydrogens is 280 g/mol. The normalized spacial score (nSPS) is 10.8. The minimum Gasteiger partial charge on any atom is -0.497 e. The van der Waals surface area contributed by atoms with E-state index in [1.807, 2.05) is 37.3 Å². The fraction of sp³-hybridized carbons (Fsp3) is 0.294. The van der Waals surface area contributed by atoms with Crippen molar-refractivity contribution in [1.82, 2.24) is 9.97 Å². The first-order valence-electron chi connectivity index (χ1n) is 7.24. The van der Waals surface area contributed by atoms with Gasteiger partial charge in [-0.2, -0.15) is 0 Å². The van der Waals surface area contributed by atoms with Gasteiger partial charge in [0.25, 0.3) is 0 Å². The van der Waals surface area contributed by atoms with E-state index in [2.05, 4.69) is 9.97 Å². The van der Waals surface area contributed by atoms with Crippen molar-refractivity contribution in [2.75, 3.05) is 13.7 Å². The second-order valence-corrected chi connectivity index (χ2v) is 5.02. The van der Waals surface area contributed by atoms with Gasteiger partial charge in [0, 0.05) is 12.6 Å².